The Hall–Kier alpha value is -2.11. The lowest BCUT2D eigenvalue weighted by Crippen LogP contribution is -2.14. The van der Waals surface area contributed by atoms with Gasteiger partial charge in [0.1, 0.15) is 5.01 Å². The monoisotopic (exact) mass is 354 g/mol. The first-order chi connectivity index (χ1) is 11.6. The van der Waals surface area contributed by atoms with Gasteiger partial charge in [-0.05, 0) is 43.5 Å². The summed E-state index contributed by atoms with van der Waals surface area (Å²) in [6.07, 6.45) is 2.31. The zero-order valence-electron chi connectivity index (χ0n) is 13.6. The van der Waals surface area contributed by atoms with Gasteiger partial charge in [-0.2, -0.15) is 0 Å². The van der Waals surface area contributed by atoms with Crippen molar-refractivity contribution in [3.63, 3.8) is 0 Å². The highest BCUT2D eigenvalue weighted by molar-refractivity contribution is 7.98. The predicted octanol–water partition coefficient (Wildman–Crippen LogP) is 5.02. The van der Waals surface area contributed by atoms with Crippen LogP contribution in [0.1, 0.15) is 11.3 Å². The number of thioether (sulfide) groups is 1. The van der Waals surface area contributed by atoms with Crippen molar-refractivity contribution in [2.24, 2.45) is 0 Å². The maximum absolute atomic E-state index is 12.2. The number of amides is 1. The molecule has 24 heavy (non-hydrogen) atoms. The molecule has 0 saturated heterocycles. The van der Waals surface area contributed by atoms with Crippen molar-refractivity contribution in [2.45, 2.75) is 18.2 Å². The Morgan fingerprint density at radius 1 is 1.21 bits per heavy atom. The fraction of sp³-hybridized carbons (Fsp3) is 0.158. The molecule has 0 spiro atoms. The summed E-state index contributed by atoms with van der Waals surface area (Å²) in [7, 11) is 0. The van der Waals surface area contributed by atoms with Crippen molar-refractivity contribution in [3.8, 4) is 10.6 Å². The smallest absolute Gasteiger partial charge is 0.230 e. The number of carbonyl (C=O) groups is 1. The molecule has 3 rings (SSSR count). The summed E-state index contributed by atoms with van der Waals surface area (Å²) in [4.78, 5) is 17.9. The largest absolute Gasteiger partial charge is 0.326 e. The number of rotatable bonds is 5. The topological polar surface area (TPSA) is 42.0 Å². The third kappa shape index (κ3) is 4.24. The van der Waals surface area contributed by atoms with Crippen LogP contribution in [0, 0.1) is 6.92 Å². The van der Waals surface area contributed by atoms with E-state index in [0.717, 1.165) is 22.0 Å². The van der Waals surface area contributed by atoms with Gasteiger partial charge < -0.3 is 5.32 Å². The average molecular weight is 355 g/mol. The number of aryl methyl sites for hydroxylation is 1. The Balaban J connectivity index is 1.64. The van der Waals surface area contributed by atoms with Crippen molar-refractivity contribution in [3.05, 3.63) is 65.2 Å². The lowest BCUT2D eigenvalue weighted by Gasteiger charge is -2.04. The summed E-state index contributed by atoms with van der Waals surface area (Å²) in [5, 5.41) is 5.82. The molecule has 1 heterocycles. The van der Waals surface area contributed by atoms with Gasteiger partial charge in [0.2, 0.25) is 5.91 Å². The SMILES string of the molecule is CSc1ccc(NC(=O)Cc2csc(-c3cccc(C)c3)n2)cc1. The zero-order valence-corrected chi connectivity index (χ0v) is 15.2. The summed E-state index contributed by atoms with van der Waals surface area (Å²) in [6.45, 7) is 2.06. The molecule has 0 atom stereocenters. The van der Waals surface area contributed by atoms with Crippen molar-refractivity contribution < 1.29 is 4.79 Å². The highest BCUT2D eigenvalue weighted by atomic mass is 32.2. The van der Waals surface area contributed by atoms with Gasteiger partial charge in [0, 0.05) is 21.5 Å². The summed E-state index contributed by atoms with van der Waals surface area (Å²) in [5.41, 5.74) is 3.91. The maximum Gasteiger partial charge on any atom is 0.230 e. The van der Waals surface area contributed by atoms with Crippen molar-refractivity contribution in [1.29, 1.82) is 0 Å². The van der Waals surface area contributed by atoms with E-state index in [1.54, 1.807) is 23.1 Å². The molecule has 0 aliphatic heterocycles. The predicted molar refractivity (Wildman–Crippen MR) is 103 cm³/mol. The number of hydrogen-bond acceptors (Lipinski definition) is 4. The Kier molecular flexibility index (Phi) is 5.33. The van der Waals surface area contributed by atoms with Crippen LogP contribution >= 0.6 is 23.1 Å². The molecule has 0 aliphatic rings. The van der Waals surface area contributed by atoms with Gasteiger partial charge in [-0.25, -0.2) is 4.98 Å². The van der Waals surface area contributed by atoms with Crippen LogP contribution in [-0.4, -0.2) is 17.1 Å². The molecule has 3 aromatic rings. The van der Waals surface area contributed by atoms with Gasteiger partial charge >= 0.3 is 0 Å². The van der Waals surface area contributed by atoms with E-state index in [9.17, 15) is 4.79 Å². The lowest BCUT2D eigenvalue weighted by atomic mass is 10.1. The zero-order chi connectivity index (χ0) is 16.9. The number of nitrogens with one attached hydrogen (secondary N) is 1. The van der Waals surface area contributed by atoms with Gasteiger partial charge in [-0.15, -0.1) is 23.1 Å². The van der Waals surface area contributed by atoms with E-state index in [0.29, 0.717) is 0 Å². The third-order valence-electron chi connectivity index (χ3n) is 3.53. The molecule has 1 N–H and O–H groups in total. The second-order valence-corrected chi connectivity index (χ2v) is 7.20. The van der Waals surface area contributed by atoms with E-state index in [2.05, 4.69) is 29.4 Å². The van der Waals surface area contributed by atoms with Gasteiger partial charge in [-0.3, -0.25) is 4.79 Å². The molecule has 3 nitrogen and oxygen atoms in total. The van der Waals surface area contributed by atoms with Crippen molar-refractivity contribution in [1.82, 2.24) is 4.98 Å². The van der Waals surface area contributed by atoms with Crippen molar-refractivity contribution in [2.75, 3.05) is 11.6 Å². The van der Waals surface area contributed by atoms with Crippen LogP contribution in [0.5, 0.6) is 0 Å². The number of nitrogens with zero attached hydrogens (tertiary/aromatic N) is 1. The standard InChI is InChI=1S/C19H18N2OS2/c1-13-4-3-5-14(10-13)19-21-16(12-24-19)11-18(22)20-15-6-8-17(23-2)9-7-15/h3-10,12H,11H2,1-2H3,(H,20,22). The molecular formula is C19H18N2OS2. The average Bonchev–Trinajstić information content (AvgIpc) is 3.04. The molecule has 122 valence electrons. The maximum atomic E-state index is 12.2. The minimum atomic E-state index is -0.0482. The van der Waals surface area contributed by atoms with Crippen LogP contribution < -0.4 is 5.32 Å². The Labute approximate surface area is 150 Å². The van der Waals surface area contributed by atoms with Gasteiger partial charge in [-0.1, -0.05) is 23.8 Å². The fourth-order valence-corrected chi connectivity index (χ4v) is 3.57. The third-order valence-corrected chi connectivity index (χ3v) is 5.22. The number of anilines is 1. The molecule has 0 unspecified atom stereocenters. The van der Waals surface area contributed by atoms with E-state index < -0.39 is 0 Å². The first-order valence-electron chi connectivity index (χ1n) is 7.59. The second kappa shape index (κ2) is 7.64. The van der Waals surface area contributed by atoms with Crippen molar-refractivity contribution >= 4 is 34.7 Å². The summed E-state index contributed by atoms with van der Waals surface area (Å²) < 4.78 is 0. The Bertz CT molecular complexity index is 841. The molecule has 0 saturated carbocycles. The minimum absolute atomic E-state index is 0.0482. The van der Waals surface area contributed by atoms with E-state index in [4.69, 9.17) is 0 Å². The normalized spacial score (nSPS) is 10.6. The van der Waals surface area contributed by atoms with Crippen LogP contribution in [0.2, 0.25) is 0 Å². The van der Waals surface area contributed by atoms with Gasteiger partial charge in [0.05, 0.1) is 12.1 Å². The second-order valence-electron chi connectivity index (χ2n) is 5.47. The molecule has 0 aliphatic carbocycles. The minimum Gasteiger partial charge on any atom is -0.326 e. The molecule has 1 aromatic heterocycles. The number of carbonyl (C=O) groups excluding carboxylic acids is 1. The number of benzene rings is 2. The van der Waals surface area contributed by atoms with E-state index in [1.165, 1.54) is 10.5 Å². The quantitative estimate of drug-likeness (QED) is 0.654. The molecule has 0 radical (unpaired) electrons. The van der Waals surface area contributed by atoms with Crippen LogP contribution in [0.3, 0.4) is 0 Å². The highest BCUT2D eigenvalue weighted by Crippen LogP contribution is 2.25. The Morgan fingerprint density at radius 2 is 2.00 bits per heavy atom. The molecule has 0 fully saturated rings. The molecule has 5 heteroatoms. The lowest BCUT2D eigenvalue weighted by molar-refractivity contribution is -0.115. The number of hydrogen-bond donors (Lipinski definition) is 1. The fourth-order valence-electron chi connectivity index (χ4n) is 2.34. The van der Waals surface area contributed by atoms with E-state index in [1.807, 2.05) is 48.0 Å². The number of thiazole rings is 1. The first-order valence-corrected chi connectivity index (χ1v) is 9.70. The van der Waals surface area contributed by atoms with Crippen LogP contribution in [0.25, 0.3) is 10.6 Å². The molecule has 0 bridgehead atoms. The van der Waals surface area contributed by atoms with Gasteiger partial charge in [0.25, 0.3) is 0 Å². The molecule has 2 aromatic carbocycles. The van der Waals surface area contributed by atoms with E-state index >= 15 is 0 Å². The van der Waals surface area contributed by atoms with Crippen LogP contribution in [0.15, 0.2) is 58.8 Å². The van der Waals surface area contributed by atoms with Crippen LogP contribution in [-0.2, 0) is 11.2 Å². The van der Waals surface area contributed by atoms with Crippen LogP contribution in [0.4, 0.5) is 5.69 Å². The summed E-state index contributed by atoms with van der Waals surface area (Å²) >= 11 is 3.25. The van der Waals surface area contributed by atoms with E-state index in [-0.39, 0.29) is 12.3 Å². The molecular weight excluding hydrogens is 336 g/mol. The summed E-state index contributed by atoms with van der Waals surface area (Å²) in [6, 6.07) is 16.1. The molecule has 1 amide bonds. The summed E-state index contributed by atoms with van der Waals surface area (Å²) in [5.74, 6) is -0.0482. The highest BCUT2D eigenvalue weighted by Gasteiger charge is 2.09. The number of aromatic nitrogens is 1. The van der Waals surface area contributed by atoms with Gasteiger partial charge in [0.15, 0.2) is 0 Å². The first kappa shape index (κ1) is 16.7. The Morgan fingerprint density at radius 3 is 2.71 bits per heavy atom.